The summed E-state index contributed by atoms with van der Waals surface area (Å²) in [6.07, 6.45) is 0. The zero-order chi connectivity index (χ0) is 44.2. The molecule has 0 unspecified atom stereocenters. The molecule has 2 nitrogen and oxygen atoms in total. The third kappa shape index (κ3) is 4.69. The standard InChI is InChI=1S/C64H38B2N2/c1-3-17-39(18-4-1)43-21-7-11-27-53(43)67-55-29-13-9-25-49(55)65-51-37-41-34-36-46-48-24-16-32-58-64(48)66(50-26-10-14-30-56(50)68(58)54-28-12-8-22-44(54)40-19-5-2-6-20-40)52-38-42-33-35-45(47-23-15-31-57(67)63(47)65)61(51)59(42)60(41)62(46)52/h1-38H. The minimum atomic E-state index is 0.0735. The molecule has 12 aromatic rings. The molecule has 0 amide bonds. The van der Waals surface area contributed by atoms with Crippen molar-refractivity contribution in [2.45, 2.75) is 0 Å². The maximum atomic E-state index is 2.58. The van der Waals surface area contributed by atoms with Gasteiger partial charge in [-0.1, -0.05) is 205 Å². The SMILES string of the molecule is c1ccc(-c2ccccc2N2c3ccccc3B3c4c(cccc42)-c2ccc4cc5c6c(ccc7cc3c2c4c76)-c2cccc3c2B5c2ccccc2N3c2ccccc2-c2ccccc2)cc1. The Bertz CT molecular complexity index is 3860. The molecule has 310 valence electrons. The molecule has 4 heteroatoms. The topological polar surface area (TPSA) is 6.48 Å². The maximum absolute atomic E-state index is 2.58. The van der Waals surface area contributed by atoms with Crippen molar-refractivity contribution >= 4 is 113 Å². The molecule has 0 radical (unpaired) electrons. The second-order valence-electron chi connectivity index (χ2n) is 19.0. The molecule has 0 fully saturated rings. The molecule has 4 aliphatic heterocycles. The molecule has 0 spiro atoms. The quantitative estimate of drug-likeness (QED) is 0.129. The number of nitrogens with zero attached hydrogens (tertiary/aromatic N) is 2. The van der Waals surface area contributed by atoms with Gasteiger partial charge in [-0.2, -0.15) is 0 Å². The molecular weight excluding hydrogens is 818 g/mol. The molecule has 0 atom stereocenters. The summed E-state index contributed by atoms with van der Waals surface area (Å²) in [5.74, 6) is 0. The number of hydrogen-bond donors (Lipinski definition) is 0. The first-order chi connectivity index (χ1) is 33.8. The van der Waals surface area contributed by atoms with Gasteiger partial charge in [0.25, 0.3) is 0 Å². The zero-order valence-corrected chi connectivity index (χ0v) is 37.0. The Balaban J connectivity index is 0.955. The lowest BCUT2D eigenvalue weighted by atomic mass is 9.31. The number of para-hydroxylation sites is 4. The van der Waals surface area contributed by atoms with E-state index in [1.54, 1.807) is 0 Å². The Hall–Kier alpha value is -8.59. The largest absolute Gasteiger partial charge is 0.311 e. The van der Waals surface area contributed by atoms with E-state index in [2.05, 4.69) is 240 Å². The molecule has 4 aliphatic rings. The van der Waals surface area contributed by atoms with Crippen LogP contribution in [0.1, 0.15) is 0 Å². The predicted octanol–water partition coefficient (Wildman–Crippen LogP) is 12.5. The summed E-state index contributed by atoms with van der Waals surface area (Å²) < 4.78 is 0. The van der Waals surface area contributed by atoms with Gasteiger partial charge in [-0.15, -0.1) is 0 Å². The molecule has 0 N–H and O–H groups in total. The van der Waals surface area contributed by atoms with Crippen LogP contribution in [0.15, 0.2) is 231 Å². The van der Waals surface area contributed by atoms with Crippen LogP contribution >= 0.6 is 0 Å². The first-order valence-electron chi connectivity index (χ1n) is 23.9. The van der Waals surface area contributed by atoms with Gasteiger partial charge in [-0.05, 0) is 124 Å². The number of anilines is 6. The Kier molecular flexibility index (Phi) is 7.27. The fourth-order valence-corrected chi connectivity index (χ4v) is 13.2. The van der Waals surface area contributed by atoms with Gasteiger partial charge in [0.2, 0.25) is 13.4 Å². The van der Waals surface area contributed by atoms with Gasteiger partial charge in [-0.3, -0.25) is 0 Å². The summed E-state index contributed by atoms with van der Waals surface area (Å²) in [6.45, 7) is 0.147. The van der Waals surface area contributed by atoms with Crippen LogP contribution in [0.4, 0.5) is 34.1 Å². The van der Waals surface area contributed by atoms with Crippen LogP contribution in [0.2, 0.25) is 0 Å². The third-order valence-electron chi connectivity index (χ3n) is 15.8. The summed E-state index contributed by atoms with van der Waals surface area (Å²) in [7, 11) is 0. The molecule has 0 aliphatic carbocycles. The summed E-state index contributed by atoms with van der Waals surface area (Å²) in [5.41, 5.74) is 25.8. The summed E-state index contributed by atoms with van der Waals surface area (Å²) in [6, 6.07) is 86.8. The Morgan fingerprint density at radius 3 is 1.06 bits per heavy atom. The summed E-state index contributed by atoms with van der Waals surface area (Å²) >= 11 is 0. The second-order valence-corrected chi connectivity index (χ2v) is 19.0. The average Bonchev–Trinajstić information content (AvgIpc) is 3.41. The van der Waals surface area contributed by atoms with E-state index in [9.17, 15) is 0 Å². The van der Waals surface area contributed by atoms with Crippen molar-refractivity contribution in [3.8, 4) is 44.5 Å². The zero-order valence-electron chi connectivity index (χ0n) is 37.0. The lowest BCUT2D eigenvalue weighted by molar-refractivity contribution is 1.29. The summed E-state index contributed by atoms with van der Waals surface area (Å²) in [5, 5.41) is 8.20. The fraction of sp³-hybridized carbons (Fsp3) is 0. The second kappa shape index (κ2) is 13.5. The van der Waals surface area contributed by atoms with Crippen LogP contribution in [-0.4, -0.2) is 13.4 Å². The van der Waals surface area contributed by atoms with E-state index < -0.39 is 0 Å². The van der Waals surface area contributed by atoms with E-state index in [1.807, 2.05) is 0 Å². The summed E-state index contributed by atoms with van der Waals surface area (Å²) in [4.78, 5) is 5.07. The highest BCUT2D eigenvalue weighted by Crippen LogP contribution is 2.50. The van der Waals surface area contributed by atoms with Gasteiger partial charge in [0, 0.05) is 33.9 Å². The van der Waals surface area contributed by atoms with Gasteiger partial charge in [0.15, 0.2) is 0 Å². The number of rotatable bonds is 4. The van der Waals surface area contributed by atoms with E-state index >= 15 is 0 Å². The molecular formula is C64H38B2N2. The minimum absolute atomic E-state index is 0.0735. The molecule has 0 bridgehead atoms. The minimum Gasteiger partial charge on any atom is -0.311 e. The normalized spacial score (nSPS) is 13.5. The molecule has 0 saturated heterocycles. The molecule has 68 heavy (non-hydrogen) atoms. The monoisotopic (exact) mass is 856 g/mol. The average molecular weight is 857 g/mol. The highest BCUT2D eigenvalue weighted by atomic mass is 15.2. The number of benzene rings is 12. The van der Waals surface area contributed by atoms with Crippen molar-refractivity contribution in [2.24, 2.45) is 0 Å². The highest BCUT2D eigenvalue weighted by molar-refractivity contribution is 7.02. The maximum Gasteiger partial charge on any atom is 0.248 e. The van der Waals surface area contributed by atoms with E-state index in [1.165, 1.54) is 144 Å². The van der Waals surface area contributed by atoms with Crippen LogP contribution in [0.3, 0.4) is 0 Å². The van der Waals surface area contributed by atoms with E-state index in [-0.39, 0.29) is 13.4 Å². The van der Waals surface area contributed by atoms with Crippen molar-refractivity contribution in [1.82, 2.24) is 0 Å². The first kappa shape index (κ1) is 36.6. The van der Waals surface area contributed by atoms with Crippen LogP contribution in [0.25, 0.3) is 76.8 Å². The van der Waals surface area contributed by atoms with E-state index in [4.69, 9.17) is 0 Å². The molecule has 0 aromatic heterocycles. The van der Waals surface area contributed by atoms with Gasteiger partial charge < -0.3 is 9.80 Å². The van der Waals surface area contributed by atoms with Gasteiger partial charge >= 0.3 is 0 Å². The van der Waals surface area contributed by atoms with Crippen molar-refractivity contribution < 1.29 is 0 Å². The van der Waals surface area contributed by atoms with Gasteiger partial charge in [0.05, 0.1) is 11.4 Å². The number of hydrogen-bond acceptors (Lipinski definition) is 2. The van der Waals surface area contributed by atoms with Crippen LogP contribution in [0, 0.1) is 0 Å². The number of fused-ring (bicyclic) bond motifs is 8. The van der Waals surface area contributed by atoms with Gasteiger partial charge in [-0.25, -0.2) is 0 Å². The lowest BCUT2D eigenvalue weighted by Crippen LogP contribution is -2.60. The van der Waals surface area contributed by atoms with Crippen molar-refractivity contribution in [3.05, 3.63) is 231 Å². The van der Waals surface area contributed by atoms with Crippen LogP contribution < -0.4 is 42.6 Å². The Morgan fingerprint density at radius 1 is 0.235 bits per heavy atom. The van der Waals surface area contributed by atoms with Crippen molar-refractivity contribution in [3.63, 3.8) is 0 Å². The molecule has 16 rings (SSSR count). The molecule has 12 aromatic carbocycles. The molecule has 0 saturated carbocycles. The third-order valence-corrected chi connectivity index (χ3v) is 15.8. The van der Waals surface area contributed by atoms with Crippen molar-refractivity contribution in [1.29, 1.82) is 0 Å². The van der Waals surface area contributed by atoms with Crippen LogP contribution in [-0.2, 0) is 0 Å². The predicted molar refractivity (Wildman–Crippen MR) is 291 cm³/mol. The molecule has 4 heterocycles. The first-order valence-corrected chi connectivity index (χ1v) is 23.9. The Morgan fingerprint density at radius 2 is 0.603 bits per heavy atom. The van der Waals surface area contributed by atoms with Crippen LogP contribution in [0.5, 0.6) is 0 Å². The Labute approximate surface area is 395 Å². The van der Waals surface area contributed by atoms with E-state index in [0.717, 1.165) is 0 Å². The van der Waals surface area contributed by atoms with E-state index in [0.29, 0.717) is 0 Å². The smallest absolute Gasteiger partial charge is 0.248 e. The van der Waals surface area contributed by atoms with Crippen molar-refractivity contribution in [2.75, 3.05) is 9.80 Å². The highest BCUT2D eigenvalue weighted by Gasteiger charge is 2.44. The van der Waals surface area contributed by atoms with Gasteiger partial charge in [0.1, 0.15) is 0 Å². The lowest BCUT2D eigenvalue weighted by Gasteiger charge is -2.42. The fourth-order valence-electron chi connectivity index (χ4n) is 13.2.